The quantitative estimate of drug-likeness (QED) is 0.683. The maximum Gasteiger partial charge on any atom is 0.134 e. The minimum absolute atomic E-state index is 0.383. The molecule has 1 atom stereocenters. The molecule has 2 N–H and O–H groups in total. The molecule has 1 fully saturated rings. The van der Waals surface area contributed by atoms with Crippen molar-refractivity contribution in [2.45, 2.75) is 26.2 Å². The van der Waals surface area contributed by atoms with Crippen LogP contribution < -0.4 is 5.73 Å². The van der Waals surface area contributed by atoms with Crippen molar-refractivity contribution in [3.8, 4) is 0 Å². The molecule has 1 saturated carbocycles. The largest absolute Gasteiger partial charge is 0.384 e. The molecule has 0 spiro atoms. The predicted octanol–water partition coefficient (Wildman–Crippen LogP) is 1.57. The Morgan fingerprint density at radius 1 is 1.58 bits per heavy atom. The van der Waals surface area contributed by atoms with Crippen LogP contribution in [0.25, 0.3) is 0 Å². The maximum absolute atomic E-state index is 5.56. The average Bonchev–Trinajstić information content (AvgIpc) is 2.60. The summed E-state index contributed by atoms with van der Waals surface area (Å²) in [5, 5.41) is 0. The second kappa shape index (κ2) is 2.19. The zero-order valence-electron chi connectivity index (χ0n) is 7.41. The van der Waals surface area contributed by atoms with Crippen LogP contribution in [0.1, 0.15) is 32.0 Å². The van der Waals surface area contributed by atoms with Crippen molar-refractivity contribution in [2.75, 3.05) is 5.73 Å². The van der Waals surface area contributed by atoms with Crippen LogP contribution in [-0.4, -0.2) is 9.97 Å². The minimum atomic E-state index is 0.383. The molecular weight excluding hydrogens is 150 g/mol. The van der Waals surface area contributed by atoms with Crippen LogP contribution in [0.15, 0.2) is 12.3 Å². The summed E-state index contributed by atoms with van der Waals surface area (Å²) in [6.45, 7) is 4.45. The summed E-state index contributed by atoms with van der Waals surface area (Å²) in [5.41, 5.74) is 5.94. The molecule has 0 aliphatic heterocycles. The number of nitrogen functional groups attached to an aromatic ring is 1. The molecular formula is C9H13N3. The van der Waals surface area contributed by atoms with E-state index in [9.17, 15) is 0 Å². The first-order valence-corrected chi connectivity index (χ1v) is 4.18. The first-order chi connectivity index (χ1) is 5.59. The van der Waals surface area contributed by atoms with E-state index < -0.39 is 0 Å². The van der Waals surface area contributed by atoms with Crippen LogP contribution in [-0.2, 0) is 0 Å². The first-order valence-electron chi connectivity index (χ1n) is 4.18. The van der Waals surface area contributed by atoms with Gasteiger partial charge in [-0.1, -0.05) is 13.8 Å². The number of aromatic nitrogens is 2. The average molecular weight is 163 g/mol. The maximum atomic E-state index is 5.56. The molecule has 2 rings (SSSR count). The van der Waals surface area contributed by atoms with Crippen molar-refractivity contribution >= 4 is 5.82 Å². The van der Waals surface area contributed by atoms with Crippen LogP contribution in [0, 0.1) is 5.41 Å². The van der Waals surface area contributed by atoms with E-state index in [4.69, 9.17) is 5.73 Å². The zero-order valence-corrected chi connectivity index (χ0v) is 7.41. The lowest BCUT2D eigenvalue weighted by Crippen LogP contribution is -1.99. The number of nitrogens with zero attached hydrogens (tertiary/aromatic N) is 2. The summed E-state index contributed by atoms with van der Waals surface area (Å²) in [4.78, 5) is 8.40. The van der Waals surface area contributed by atoms with Gasteiger partial charge in [0.25, 0.3) is 0 Å². The van der Waals surface area contributed by atoms with Crippen molar-refractivity contribution < 1.29 is 0 Å². The van der Waals surface area contributed by atoms with Gasteiger partial charge in [-0.3, -0.25) is 0 Å². The van der Waals surface area contributed by atoms with Crippen molar-refractivity contribution in [2.24, 2.45) is 5.41 Å². The summed E-state index contributed by atoms with van der Waals surface area (Å²) in [7, 11) is 0. The summed E-state index contributed by atoms with van der Waals surface area (Å²) in [6.07, 6.45) is 2.91. The topological polar surface area (TPSA) is 51.8 Å². The van der Waals surface area contributed by atoms with Gasteiger partial charge in [0.2, 0.25) is 0 Å². The Morgan fingerprint density at radius 3 is 2.75 bits per heavy atom. The van der Waals surface area contributed by atoms with Gasteiger partial charge in [0.1, 0.15) is 11.6 Å². The molecule has 0 saturated heterocycles. The van der Waals surface area contributed by atoms with Gasteiger partial charge in [-0.2, -0.15) is 0 Å². The molecule has 1 aromatic heterocycles. The third-order valence-electron chi connectivity index (χ3n) is 2.52. The molecule has 1 aromatic rings. The monoisotopic (exact) mass is 163 g/mol. The van der Waals surface area contributed by atoms with Crippen molar-refractivity contribution in [3.63, 3.8) is 0 Å². The lowest BCUT2D eigenvalue weighted by Gasteiger charge is -2.01. The van der Waals surface area contributed by atoms with Crippen molar-refractivity contribution in [1.29, 1.82) is 0 Å². The first kappa shape index (κ1) is 7.53. The highest BCUT2D eigenvalue weighted by atomic mass is 15.0. The van der Waals surface area contributed by atoms with E-state index in [2.05, 4.69) is 23.8 Å². The Kier molecular flexibility index (Phi) is 1.37. The van der Waals surface area contributed by atoms with E-state index in [1.807, 2.05) is 0 Å². The molecule has 1 aliphatic carbocycles. The van der Waals surface area contributed by atoms with Crippen LogP contribution in [0.4, 0.5) is 5.82 Å². The molecule has 0 radical (unpaired) electrons. The summed E-state index contributed by atoms with van der Waals surface area (Å²) in [6, 6.07) is 1.72. The molecule has 3 nitrogen and oxygen atoms in total. The Balaban J connectivity index is 2.26. The van der Waals surface area contributed by atoms with Gasteiger partial charge >= 0.3 is 0 Å². The molecule has 1 heterocycles. The van der Waals surface area contributed by atoms with Gasteiger partial charge < -0.3 is 5.73 Å². The number of rotatable bonds is 1. The van der Waals surface area contributed by atoms with Gasteiger partial charge in [-0.25, -0.2) is 9.97 Å². The van der Waals surface area contributed by atoms with E-state index in [1.54, 1.807) is 12.3 Å². The summed E-state index contributed by atoms with van der Waals surface area (Å²) < 4.78 is 0. The SMILES string of the molecule is CC1(C)CC1c1nccc(N)n1. The second-order valence-corrected chi connectivity index (χ2v) is 4.08. The van der Waals surface area contributed by atoms with E-state index >= 15 is 0 Å². The highest BCUT2D eigenvalue weighted by Gasteiger charge is 2.48. The van der Waals surface area contributed by atoms with Gasteiger partial charge in [0.15, 0.2) is 0 Å². The molecule has 64 valence electrons. The van der Waals surface area contributed by atoms with Crippen molar-refractivity contribution in [1.82, 2.24) is 9.97 Å². The Bertz CT molecular complexity index is 306. The highest BCUT2D eigenvalue weighted by molar-refractivity contribution is 5.28. The van der Waals surface area contributed by atoms with E-state index in [-0.39, 0.29) is 0 Å². The lowest BCUT2D eigenvalue weighted by molar-refractivity contribution is 0.608. The number of hydrogen-bond acceptors (Lipinski definition) is 3. The minimum Gasteiger partial charge on any atom is -0.384 e. The molecule has 12 heavy (non-hydrogen) atoms. The van der Waals surface area contributed by atoms with Crippen molar-refractivity contribution in [3.05, 3.63) is 18.1 Å². The molecule has 1 aliphatic rings. The third-order valence-corrected chi connectivity index (χ3v) is 2.52. The predicted molar refractivity (Wildman–Crippen MR) is 47.6 cm³/mol. The van der Waals surface area contributed by atoms with Crippen LogP contribution in [0.5, 0.6) is 0 Å². The zero-order chi connectivity index (χ0) is 8.77. The van der Waals surface area contributed by atoms with E-state index in [0.717, 1.165) is 5.82 Å². The van der Waals surface area contributed by atoms with Crippen LogP contribution in [0.2, 0.25) is 0 Å². The fourth-order valence-corrected chi connectivity index (χ4v) is 1.46. The standard InChI is InChI=1S/C9H13N3/c1-9(2)5-6(9)8-11-4-3-7(10)12-8/h3-4,6H,5H2,1-2H3,(H2,10,11,12). The molecule has 3 heteroatoms. The molecule has 0 amide bonds. The van der Waals surface area contributed by atoms with Gasteiger partial charge in [0.05, 0.1) is 0 Å². The number of nitrogens with two attached hydrogens (primary N) is 1. The van der Waals surface area contributed by atoms with E-state index in [1.165, 1.54) is 6.42 Å². The smallest absolute Gasteiger partial charge is 0.134 e. The van der Waals surface area contributed by atoms with Gasteiger partial charge in [-0.15, -0.1) is 0 Å². The normalized spacial score (nSPS) is 25.3. The third kappa shape index (κ3) is 1.15. The fourth-order valence-electron chi connectivity index (χ4n) is 1.46. The highest BCUT2D eigenvalue weighted by Crippen LogP contribution is 2.57. The van der Waals surface area contributed by atoms with Gasteiger partial charge in [-0.05, 0) is 17.9 Å². The summed E-state index contributed by atoms with van der Waals surface area (Å²) in [5.74, 6) is 1.99. The lowest BCUT2D eigenvalue weighted by atomic mass is 10.1. The molecule has 1 unspecified atom stereocenters. The number of hydrogen-bond donors (Lipinski definition) is 1. The molecule has 0 bridgehead atoms. The second-order valence-electron chi connectivity index (χ2n) is 4.08. The Morgan fingerprint density at radius 2 is 2.25 bits per heavy atom. The summed E-state index contributed by atoms with van der Waals surface area (Å²) >= 11 is 0. The van der Waals surface area contributed by atoms with Gasteiger partial charge in [0, 0.05) is 12.1 Å². The molecule has 0 aromatic carbocycles. The van der Waals surface area contributed by atoms with Crippen LogP contribution >= 0.6 is 0 Å². The van der Waals surface area contributed by atoms with E-state index in [0.29, 0.717) is 17.2 Å². The Hall–Kier alpha value is -1.12. The Labute approximate surface area is 72.0 Å². The van der Waals surface area contributed by atoms with Crippen LogP contribution in [0.3, 0.4) is 0 Å². The fraction of sp³-hybridized carbons (Fsp3) is 0.556. The number of anilines is 1.